The summed E-state index contributed by atoms with van der Waals surface area (Å²) in [5.74, 6) is -0.750. The number of carbonyl (C=O) groups excluding carboxylic acids is 1. The molecule has 0 fully saturated rings. The first-order valence-electron chi connectivity index (χ1n) is 5.28. The van der Waals surface area contributed by atoms with Gasteiger partial charge in [0.2, 0.25) is 5.78 Å². The zero-order chi connectivity index (χ0) is 14.0. The number of ketones is 1. The number of pyridine rings is 1. The van der Waals surface area contributed by atoms with Crippen LogP contribution in [0.5, 0.6) is 0 Å². The van der Waals surface area contributed by atoms with E-state index in [0.29, 0.717) is 5.76 Å². The predicted molar refractivity (Wildman–Crippen MR) is 59.3 cm³/mol. The summed E-state index contributed by atoms with van der Waals surface area (Å²) in [6, 6.07) is 3.48. The van der Waals surface area contributed by atoms with Crippen LogP contribution in [0.15, 0.2) is 35.0 Å². The summed E-state index contributed by atoms with van der Waals surface area (Å²) in [6.45, 7) is 0.0620. The smallest absolute Gasteiger partial charge is 0.417 e. The maximum absolute atomic E-state index is 12.8. The van der Waals surface area contributed by atoms with E-state index in [9.17, 15) is 18.0 Å². The number of nitrogens with two attached hydrogens (primary N) is 1. The third kappa shape index (κ3) is 2.65. The maximum Gasteiger partial charge on any atom is 0.417 e. The van der Waals surface area contributed by atoms with E-state index >= 15 is 0 Å². The zero-order valence-electron chi connectivity index (χ0n) is 9.57. The summed E-state index contributed by atoms with van der Waals surface area (Å²) >= 11 is 0. The van der Waals surface area contributed by atoms with Crippen molar-refractivity contribution in [2.45, 2.75) is 12.7 Å². The van der Waals surface area contributed by atoms with Crippen LogP contribution in [0.3, 0.4) is 0 Å². The summed E-state index contributed by atoms with van der Waals surface area (Å²) in [6.07, 6.45) is -2.78. The first-order valence-corrected chi connectivity index (χ1v) is 5.28. The van der Waals surface area contributed by atoms with Crippen LogP contribution >= 0.6 is 0 Å². The number of aromatic nitrogens is 1. The lowest BCUT2D eigenvalue weighted by Gasteiger charge is -2.10. The van der Waals surface area contributed by atoms with Gasteiger partial charge >= 0.3 is 6.18 Å². The molecule has 0 spiro atoms. The third-order valence-electron chi connectivity index (χ3n) is 2.46. The van der Waals surface area contributed by atoms with Gasteiger partial charge in [-0.25, -0.2) is 0 Å². The lowest BCUT2D eigenvalue weighted by molar-refractivity contribution is -0.137. The van der Waals surface area contributed by atoms with Crippen molar-refractivity contribution in [2.75, 3.05) is 0 Å². The highest BCUT2D eigenvalue weighted by Gasteiger charge is 2.35. The SMILES string of the molecule is NCc1ccc(C(=O)c2cnccc2C(F)(F)F)o1. The van der Waals surface area contributed by atoms with E-state index in [1.165, 1.54) is 12.1 Å². The fourth-order valence-corrected chi connectivity index (χ4v) is 1.56. The molecule has 0 aliphatic heterocycles. The monoisotopic (exact) mass is 270 g/mol. The van der Waals surface area contributed by atoms with Gasteiger partial charge in [-0.15, -0.1) is 0 Å². The molecule has 2 rings (SSSR count). The molecule has 0 aliphatic carbocycles. The Labute approximate surface area is 106 Å². The Morgan fingerprint density at radius 1 is 1.32 bits per heavy atom. The molecular formula is C12H9F3N2O2. The second-order valence-corrected chi connectivity index (χ2v) is 3.72. The van der Waals surface area contributed by atoms with Crippen LogP contribution in [0.4, 0.5) is 13.2 Å². The number of rotatable bonds is 3. The minimum atomic E-state index is -4.63. The molecule has 4 nitrogen and oxygen atoms in total. The van der Waals surface area contributed by atoms with Crippen LogP contribution in [0.2, 0.25) is 0 Å². The van der Waals surface area contributed by atoms with Gasteiger partial charge < -0.3 is 10.2 Å². The van der Waals surface area contributed by atoms with Crippen LogP contribution in [-0.2, 0) is 12.7 Å². The number of nitrogens with zero attached hydrogens (tertiary/aromatic N) is 1. The summed E-state index contributed by atoms with van der Waals surface area (Å²) in [7, 11) is 0. The first kappa shape index (κ1) is 13.3. The Kier molecular flexibility index (Phi) is 3.39. The Hall–Kier alpha value is -2.15. The average Bonchev–Trinajstić information content (AvgIpc) is 2.85. The van der Waals surface area contributed by atoms with E-state index in [1.807, 2.05) is 0 Å². The Morgan fingerprint density at radius 2 is 2.05 bits per heavy atom. The molecule has 2 heterocycles. The molecule has 0 atom stereocenters. The van der Waals surface area contributed by atoms with Gasteiger partial charge in [0.15, 0.2) is 5.76 Å². The first-order chi connectivity index (χ1) is 8.93. The topological polar surface area (TPSA) is 69.1 Å². The Balaban J connectivity index is 2.44. The van der Waals surface area contributed by atoms with Gasteiger partial charge in [0.1, 0.15) is 5.76 Å². The summed E-state index contributed by atoms with van der Waals surface area (Å²) < 4.78 is 43.3. The summed E-state index contributed by atoms with van der Waals surface area (Å²) in [4.78, 5) is 15.5. The van der Waals surface area contributed by atoms with Crippen molar-refractivity contribution in [3.8, 4) is 0 Å². The molecule has 0 radical (unpaired) electrons. The minimum Gasteiger partial charge on any atom is -0.456 e. The van der Waals surface area contributed by atoms with Gasteiger partial charge in [0, 0.05) is 12.4 Å². The quantitative estimate of drug-likeness (QED) is 0.869. The molecule has 2 aromatic heterocycles. The standard InChI is InChI=1S/C12H9F3N2O2/c13-12(14,15)9-3-4-17-6-8(9)11(18)10-2-1-7(5-16)19-10/h1-4,6H,5,16H2. The Bertz CT molecular complexity index is 605. The van der Waals surface area contributed by atoms with E-state index in [-0.39, 0.29) is 12.3 Å². The number of hydrogen-bond donors (Lipinski definition) is 1. The molecule has 0 amide bonds. The van der Waals surface area contributed by atoms with Gasteiger partial charge in [-0.2, -0.15) is 13.2 Å². The van der Waals surface area contributed by atoms with Gasteiger partial charge in [0.25, 0.3) is 0 Å². The highest BCUT2D eigenvalue weighted by atomic mass is 19.4. The summed E-state index contributed by atoms with van der Waals surface area (Å²) in [5.41, 5.74) is 3.71. The third-order valence-corrected chi connectivity index (χ3v) is 2.46. The van der Waals surface area contributed by atoms with E-state index in [0.717, 1.165) is 18.5 Å². The fraction of sp³-hybridized carbons (Fsp3) is 0.167. The van der Waals surface area contributed by atoms with Crippen LogP contribution in [0.1, 0.15) is 27.4 Å². The largest absolute Gasteiger partial charge is 0.456 e. The van der Waals surface area contributed by atoms with Gasteiger partial charge in [-0.05, 0) is 18.2 Å². The molecule has 2 aromatic rings. The molecule has 0 aromatic carbocycles. The number of furan rings is 1. The second-order valence-electron chi connectivity index (χ2n) is 3.72. The van der Waals surface area contributed by atoms with Crippen molar-refractivity contribution in [1.29, 1.82) is 0 Å². The molecule has 0 aliphatic rings. The molecule has 0 unspecified atom stereocenters. The van der Waals surface area contributed by atoms with Crippen LogP contribution in [0, 0.1) is 0 Å². The van der Waals surface area contributed by atoms with Crippen molar-refractivity contribution in [1.82, 2.24) is 4.98 Å². The van der Waals surface area contributed by atoms with Crippen molar-refractivity contribution < 1.29 is 22.4 Å². The van der Waals surface area contributed by atoms with Crippen molar-refractivity contribution in [3.63, 3.8) is 0 Å². The fourth-order valence-electron chi connectivity index (χ4n) is 1.56. The van der Waals surface area contributed by atoms with Gasteiger partial charge in [-0.1, -0.05) is 0 Å². The lowest BCUT2D eigenvalue weighted by atomic mass is 10.0. The van der Waals surface area contributed by atoms with Crippen molar-refractivity contribution in [3.05, 3.63) is 53.2 Å². The number of alkyl halides is 3. The average molecular weight is 270 g/mol. The van der Waals surface area contributed by atoms with Crippen molar-refractivity contribution >= 4 is 5.78 Å². The van der Waals surface area contributed by atoms with E-state index in [2.05, 4.69) is 4.98 Å². The minimum absolute atomic E-state index is 0.0620. The highest BCUT2D eigenvalue weighted by molar-refractivity contribution is 6.08. The highest BCUT2D eigenvalue weighted by Crippen LogP contribution is 2.32. The van der Waals surface area contributed by atoms with E-state index in [1.54, 1.807) is 0 Å². The zero-order valence-corrected chi connectivity index (χ0v) is 9.57. The molecule has 19 heavy (non-hydrogen) atoms. The molecular weight excluding hydrogens is 261 g/mol. The molecule has 0 bridgehead atoms. The molecule has 100 valence electrons. The van der Waals surface area contributed by atoms with E-state index in [4.69, 9.17) is 10.2 Å². The molecule has 0 saturated carbocycles. The van der Waals surface area contributed by atoms with Crippen LogP contribution < -0.4 is 5.73 Å². The van der Waals surface area contributed by atoms with Gasteiger partial charge in [0.05, 0.1) is 17.7 Å². The maximum atomic E-state index is 12.8. The summed E-state index contributed by atoms with van der Waals surface area (Å²) in [5, 5.41) is 0. The van der Waals surface area contributed by atoms with Crippen molar-refractivity contribution in [2.24, 2.45) is 5.73 Å². The van der Waals surface area contributed by atoms with Crippen LogP contribution in [-0.4, -0.2) is 10.8 Å². The van der Waals surface area contributed by atoms with Crippen LogP contribution in [0.25, 0.3) is 0 Å². The number of hydrogen-bond acceptors (Lipinski definition) is 4. The molecule has 7 heteroatoms. The van der Waals surface area contributed by atoms with Gasteiger partial charge in [-0.3, -0.25) is 9.78 Å². The Morgan fingerprint density at radius 3 is 2.63 bits per heavy atom. The van der Waals surface area contributed by atoms with E-state index < -0.39 is 23.1 Å². The molecule has 0 saturated heterocycles. The normalized spacial score (nSPS) is 11.6. The number of halogens is 3. The molecule has 2 N–H and O–H groups in total. The lowest BCUT2D eigenvalue weighted by Crippen LogP contribution is -2.13. The second kappa shape index (κ2) is 4.85. The predicted octanol–water partition coefficient (Wildman–Crippen LogP) is 2.38. The number of carbonyl (C=O) groups is 1.